The van der Waals surface area contributed by atoms with Gasteiger partial charge in [0.25, 0.3) is 0 Å². The highest BCUT2D eigenvalue weighted by Gasteiger charge is 2.41. The van der Waals surface area contributed by atoms with E-state index in [0.717, 1.165) is 8.95 Å². The molecule has 0 nitrogen and oxygen atoms in total. The van der Waals surface area contributed by atoms with Crippen LogP contribution in [0.3, 0.4) is 0 Å². The van der Waals surface area contributed by atoms with Crippen LogP contribution in [0.1, 0.15) is 45.2 Å². The predicted octanol–water partition coefficient (Wildman–Crippen LogP) is 6.20. The fourth-order valence-electron chi connectivity index (χ4n) is 4.16. The molecule has 0 atom stereocenters. The molecule has 0 spiro atoms. The van der Waals surface area contributed by atoms with Crippen LogP contribution in [0.4, 0.5) is 0 Å². The van der Waals surface area contributed by atoms with E-state index in [4.69, 9.17) is 0 Å². The molecule has 0 unspecified atom stereocenters. The first-order chi connectivity index (χ1) is 10.8. The van der Waals surface area contributed by atoms with Crippen molar-refractivity contribution in [3.63, 3.8) is 0 Å². The second kappa shape index (κ2) is 4.56. The lowest BCUT2D eigenvalue weighted by atomic mass is 9.61. The summed E-state index contributed by atoms with van der Waals surface area (Å²) < 4.78 is 2.27. The summed E-state index contributed by atoms with van der Waals surface area (Å²) in [6, 6.07) is 22.4. The molecule has 2 bridgehead atoms. The van der Waals surface area contributed by atoms with Crippen LogP contribution in [0.2, 0.25) is 0 Å². The van der Waals surface area contributed by atoms with E-state index in [1.807, 2.05) is 0 Å². The molecule has 0 saturated carbocycles. The van der Waals surface area contributed by atoms with Crippen molar-refractivity contribution >= 4 is 31.9 Å². The van der Waals surface area contributed by atoms with E-state index in [9.17, 15) is 0 Å². The second-order valence-corrected chi connectivity index (χ2v) is 7.73. The lowest BCUT2D eigenvalue weighted by Gasteiger charge is -2.42. The number of hydrogen-bond donors (Lipinski definition) is 0. The molecule has 0 fully saturated rings. The quantitative estimate of drug-likeness (QED) is 0.284. The SMILES string of the molecule is Brc1cc2c(cc1Br)C1c3ccccc3C2c2ccccc21. The smallest absolute Gasteiger partial charge is 0.0349 e. The summed E-state index contributed by atoms with van der Waals surface area (Å²) in [5.74, 6) is 0.716. The molecule has 2 heteroatoms. The Labute approximate surface area is 146 Å². The molecular weight excluding hydrogens is 400 g/mol. The Balaban J connectivity index is 1.91. The zero-order valence-electron chi connectivity index (χ0n) is 11.7. The van der Waals surface area contributed by atoms with Crippen LogP contribution in [-0.2, 0) is 0 Å². The topological polar surface area (TPSA) is 0 Å². The van der Waals surface area contributed by atoms with Crippen molar-refractivity contribution in [1.29, 1.82) is 0 Å². The van der Waals surface area contributed by atoms with Crippen LogP contribution in [0, 0.1) is 0 Å². The molecule has 0 N–H and O–H groups in total. The molecule has 6 rings (SSSR count). The molecule has 3 aliphatic rings. The normalized spacial score (nSPS) is 20.3. The first-order valence-corrected chi connectivity index (χ1v) is 9.01. The van der Waals surface area contributed by atoms with Gasteiger partial charge in [0.05, 0.1) is 0 Å². The Kier molecular flexibility index (Phi) is 2.71. The minimum absolute atomic E-state index is 0.358. The highest BCUT2D eigenvalue weighted by atomic mass is 79.9. The van der Waals surface area contributed by atoms with Crippen LogP contribution in [-0.4, -0.2) is 0 Å². The van der Waals surface area contributed by atoms with Gasteiger partial charge in [0.1, 0.15) is 0 Å². The highest BCUT2D eigenvalue weighted by molar-refractivity contribution is 9.13. The van der Waals surface area contributed by atoms with Crippen molar-refractivity contribution < 1.29 is 0 Å². The van der Waals surface area contributed by atoms with E-state index in [2.05, 4.69) is 92.5 Å². The standard InChI is InChI=1S/C20H12Br2/c21-17-9-15-16(10-18(17)22)20-12-6-2-1-5-11(12)19(15)13-7-3-4-8-14(13)20/h1-10,19-20H. The molecule has 106 valence electrons. The summed E-state index contributed by atoms with van der Waals surface area (Å²) in [5, 5.41) is 0. The van der Waals surface area contributed by atoms with Crippen molar-refractivity contribution in [3.05, 3.63) is 103 Å². The Bertz CT molecular complexity index is 804. The summed E-state index contributed by atoms with van der Waals surface area (Å²) in [6.07, 6.45) is 0. The third kappa shape index (κ3) is 1.57. The minimum atomic E-state index is 0.358. The molecule has 3 aromatic carbocycles. The minimum Gasteiger partial charge on any atom is -0.0619 e. The molecule has 22 heavy (non-hydrogen) atoms. The summed E-state index contributed by atoms with van der Waals surface area (Å²) in [7, 11) is 0. The fourth-order valence-corrected chi connectivity index (χ4v) is 4.88. The van der Waals surface area contributed by atoms with Crippen LogP contribution in [0.15, 0.2) is 69.6 Å². The molecule has 0 saturated heterocycles. The van der Waals surface area contributed by atoms with Gasteiger partial charge in [-0.05, 0) is 77.4 Å². The van der Waals surface area contributed by atoms with Gasteiger partial charge in [-0.3, -0.25) is 0 Å². The first kappa shape index (κ1) is 13.1. The lowest BCUT2D eigenvalue weighted by Crippen LogP contribution is -2.27. The first-order valence-electron chi connectivity index (χ1n) is 7.42. The lowest BCUT2D eigenvalue weighted by molar-refractivity contribution is 0.753. The van der Waals surface area contributed by atoms with E-state index in [1.54, 1.807) is 0 Å². The monoisotopic (exact) mass is 410 g/mol. The zero-order valence-corrected chi connectivity index (χ0v) is 14.9. The van der Waals surface area contributed by atoms with Gasteiger partial charge in [0, 0.05) is 20.8 Å². The molecule has 3 aromatic rings. The molecule has 3 aliphatic carbocycles. The summed E-state index contributed by atoms with van der Waals surface area (Å²) >= 11 is 7.36. The number of rotatable bonds is 0. The van der Waals surface area contributed by atoms with Gasteiger partial charge in [-0.25, -0.2) is 0 Å². The van der Waals surface area contributed by atoms with Gasteiger partial charge in [-0.15, -0.1) is 0 Å². The summed E-state index contributed by atoms with van der Waals surface area (Å²) in [4.78, 5) is 0. The van der Waals surface area contributed by atoms with Gasteiger partial charge in [0.15, 0.2) is 0 Å². The summed E-state index contributed by atoms with van der Waals surface area (Å²) in [5.41, 5.74) is 8.75. The van der Waals surface area contributed by atoms with Crippen molar-refractivity contribution in [2.45, 2.75) is 11.8 Å². The van der Waals surface area contributed by atoms with Crippen LogP contribution >= 0.6 is 31.9 Å². The number of benzene rings is 3. The molecule has 0 aliphatic heterocycles. The van der Waals surface area contributed by atoms with E-state index < -0.39 is 0 Å². The molecular formula is C20H12Br2. The Morgan fingerprint density at radius 1 is 0.500 bits per heavy atom. The maximum atomic E-state index is 3.68. The van der Waals surface area contributed by atoms with Gasteiger partial charge in [0.2, 0.25) is 0 Å². The number of hydrogen-bond acceptors (Lipinski definition) is 0. The predicted molar refractivity (Wildman–Crippen MR) is 96.6 cm³/mol. The second-order valence-electron chi connectivity index (χ2n) is 6.02. The third-order valence-corrected chi connectivity index (χ3v) is 6.83. The van der Waals surface area contributed by atoms with Gasteiger partial charge in [-0.2, -0.15) is 0 Å². The van der Waals surface area contributed by atoms with Gasteiger partial charge >= 0.3 is 0 Å². The van der Waals surface area contributed by atoms with Crippen LogP contribution < -0.4 is 0 Å². The van der Waals surface area contributed by atoms with Gasteiger partial charge < -0.3 is 0 Å². The summed E-state index contributed by atoms with van der Waals surface area (Å²) in [6.45, 7) is 0. The van der Waals surface area contributed by atoms with Crippen molar-refractivity contribution in [2.75, 3.05) is 0 Å². The van der Waals surface area contributed by atoms with Crippen molar-refractivity contribution in [1.82, 2.24) is 0 Å². The number of halogens is 2. The van der Waals surface area contributed by atoms with E-state index in [0.29, 0.717) is 11.8 Å². The van der Waals surface area contributed by atoms with E-state index in [-0.39, 0.29) is 0 Å². The van der Waals surface area contributed by atoms with Crippen molar-refractivity contribution in [2.24, 2.45) is 0 Å². The largest absolute Gasteiger partial charge is 0.0619 e. The molecule has 0 amide bonds. The molecule has 0 heterocycles. The Hall–Kier alpha value is -1.38. The third-order valence-electron chi connectivity index (χ3n) is 4.98. The fraction of sp³-hybridized carbons (Fsp3) is 0.100. The van der Waals surface area contributed by atoms with Gasteiger partial charge in [-0.1, -0.05) is 48.5 Å². The Morgan fingerprint density at radius 3 is 1.14 bits per heavy atom. The van der Waals surface area contributed by atoms with Crippen molar-refractivity contribution in [3.8, 4) is 0 Å². The Morgan fingerprint density at radius 2 is 0.818 bits per heavy atom. The average molecular weight is 412 g/mol. The van der Waals surface area contributed by atoms with E-state index >= 15 is 0 Å². The average Bonchev–Trinajstić information content (AvgIpc) is 2.55. The molecule has 0 aromatic heterocycles. The van der Waals surface area contributed by atoms with Crippen LogP contribution in [0.5, 0.6) is 0 Å². The van der Waals surface area contributed by atoms with E-state index in [1.165, 1.54) is 33.4 Å². The zero-order chi connectivity index (χ0) is 14.8. The maximum Gasteiger partial charge on any atom is 0.0349 e. The highest BCUT2D eigenvalue weighted by Crippen LogP contribution is 2.56. The van der Waals surface area contributed by atoms with Crippen LogP contribution in [0.25, 0.3) is 0 Å². The maximum absolute atomic E-state index is 3.68. The molecule has 0 radical (unpaired) electrons.